The molecule has 0 aliphatic heterocycles. The van der Waals surface area contributed by atoms with Crippen molar-refractivity contribution in [3.63, 3.8) is 0 Å². The molecule has 0 saturated heterocycles. The quantitative estimate of drug-likeness (QED) is 0.739. The third-order valence-corrected chi connectivity index (χ3v) is 4.21. The third-order valence-electron chi connectivity index (χ3n) is 3.05. The molecule has 0 amide bonds. The van der Waals surface area contributed by atoms with E-state index in [9.17, 15) is 5.11 Å². The molecule has 0 radical (unpaired) electrons. The van der Waals surface area contributed by atoms with E-state index in [4.69, 9.17) is 11.6 Å². The molecule has 1 nitrogen and oxygen atoms in total. The largest absolute Gasteiger partial charge is 0.381 e. The minimum atomic E-state index is -0.855. The van der Waals surface area contributed by atoms with Gasteiger partial charge in [-0.25, -0.2) is 0 Å². The van der Waals surface area contributed by atoms with Crippen LogP contribution in [-0.2, 0) is 5.60 Å². The van der Waals surface area contributed by atoms with E-state index in [1.165, 1.54) is 11.3 Å². The first-order valence-corrected chi connectivity index (χ1v) is 6.35. The minimum Gasteiger partial charge on any atom is -0.381 e. The molecule has 1 heterocycles. The fraction of sp³-hybridized carbons (Fsp3) is 0.500. The summed E-state index contributed by atoms with van der Waals surface area (Å²) < 4.78 is 0.696. The first-order chi connectivity index (χ1) is 6.93. The van der Waals surface area contributed by atoms with Crippen LogP contribution in [0.2, 0.25) is 4.34 Å². The van der Waals surface area contributed by atoms with Gasteiger partial charge in [-0.05, 0) is 29.7 Å². The highest BCUT2D eigenvalue weighted by molar-refractivity contribution is 7.14. The topological polar surface area (TPSA) is 20.2 Å². The zero-order valence-corrected chi connectivity index (χ0v) is 10.5. The molecule has 2 rings (SSSR count). The molecule has 1 aromatic rings. The maximum atomic E-state index is 10.5. The van der Waals surface area contributed by atoms with Crippen molar-refractivity contribution in [2.24, 2.45) is 5.41 Å². The summed E-state index contributed by atoms with van der Waals surface area (Å²) in [4.78, 5) is 0. The van der Waals surface area contributed by atoms with Gasteiger partial charge in [-0.3, -0.25) is 0 Å². The number of rotatable bonds is 1. The average Bonchev–Trinajstić information content (AvgIpc) is 2.58. The van der Waals surface area contributed by atoms with E-state index in [1.807, 2.05) is 17.5 Å². The van der Waals surface area contributed by atoms with Crippen molar-refractivity contribution >= 4 is 22.9 Å². The molecule has 1 N–H and O–H groups in total. The Hall–Kier alpha value is -0.310. The lowest BCUT2D eigenvalue weighted by molar-refractivity contribution is 0.0586. The molecule has 15 heavy (non-hydrogen) atoms. The van der Waals surface area contributed by atoms with Crippen LogP contribution in [0.25, 0.3) is 0 Å². The van der Waals surface area contributed by atoms with Gasteiger partial charge in [-0.1, -0.05) is 37.6 Å². The van der Waals surface area contributed by atoms with Crippen LogP contribution in [0.5, 0.6) is 0 Å². The molecule has 0 bridgehead atoms. The SMILES string of the molecule is CC1(C)C=CC(O)(c2ccsc2Cl)CC1. The molecule has 1 aliphatic rings. The maximum absolute atomic E-state index is 10.5. The molecule has 1 aliphatic carbocycles. The number of allylic oxidation sites excluding steroid dienone is 1. The predicted octanol–water partition coefficient (Wildman–Crippen LogP) is 3.97. The maximum Gasteiger partial charge on any atom is 0.110 e. The molecular formula is C12H15ClOS. The van der Waals surface area contributed by atoms with Crippen molar-refractivity contribution in [1.29, 1.82) is 0 Å². The van der Waals surface area contributed by atoms with E-state index >= 15 is 0 Å². The molecule has 1 unspecified atom stereocenters. The first-order valence-electron chi connectivity index (χ1n) is 5.09. The fourth-order valence-corrected chi connectivity index (χ4v) is 2.95. The van der Waals surface area contributed by atoms with Gasteiger partial charge in [0, 0.05) is 5.56 Å². The summed E-state index contributed by atoms with van der Waals surface area (Å²) in [7, 11) is 0. The highest BCUT2D eigenvalue weighted by Gasteiger charge is 2.35. The highest BCUT2D eigenvalue weighted by atomic mass is 35.5. The summed E-state index contributed by atoms with van der Waals surface area (Å²) in [6, 6.07) is 1.91. The normalized spacial score (nSPS) is 29.3. The van der Waals surface area contributed by atoms with E-state index in [0.29, 0.717) is 4.34 Å². The summed E-state index contributed by atoms with van der Waals surface area (Å²) in [5, 5.41) is 12.4. The second kappa shape index (κ2) is 3.62. The van der Waals surface area contributed by atoms with Crippen molar-refractivity contribution in [3.8, 4) is 0 Å². The Labute approximate surface area is 99.4 Å². The molecule has 1 aromatic heterocycles. The molecule has 3 heteroatoms. The van der Waals surface area contributed by atoms with Crippen molar-refractivity contribution in [3.05, 3.63) is 33.5 Å². The lowest BCUT2D eigenvalue weighted by atomic mass is 9.75. The molecular weight excluding hydrogens is 228 g/mol. The monoisotopic (exact) mass is 242 g/mol. The van der Waals surface area contributed by atoms with Gasteiger partial charge in [-0.15, -0.1) is 11.3 Å². The van der Waals surface area contributed by atoms with Gasteiger partial charge in [-0.2, -0.15) is 0 Å². The smallest absolute Gasteiger partial charge is 0.110 e. The van der Waals surface area contributed by atoms with Gasteiger partial charge < -0.3 is 5.11 Å². The molecule has 0 spiro atoms. The van der Waals surface area contributed by atoms with Gasteiger partial charge in [0.05, 0.1) is 4.34 Å². The third kappa shape index (κ3) is 2.12. The van der Waals surface area contributed by atoms with E-state index in [2.05, 4.69) is 19.9 Å². The first kappa shape index (κ1) is 11.2. The van der Waals surface area contributed by atoms with Crippen LogP contribution in [0.4, 0.5) is 0 Å². The predicted molar refractivity (Wildman–Crippen MR) is 65.4 cm³/mol. The Kier molecular flexibility index (Phi) is 2.70. The second-order valence-corrected chi connectivity index (χ2v) is 6.37. The summed E-state index contributed by atoms with van der Waals surface area (Å²) in [5.74, 6) is 0. The van der Waals surface area contributed by atoms with Crippen LogP contribution in [0.1, 0.15) is 32.3 Å². The van der Waals surface area contributed by atoms with E-state index < -0.39 is 5.60 Å². The molecule has 1 atom stereocenters. The zero-order chi connectivity index (χ0) is 11.1. The molecule has 0 aromatic carbocycles. The van der Waals surface area contributed by atoms with E-state index in [-0.39, 0.29) is 5.41 Å². The second-order valence-electron chi connectivity index (χ2n) is 4.85. The summed E-state index contributed by atoms with van der Waals surface area (Å²) in [6.07, 6.45) is 5.70. The van der Waals surface area contributed by atoms with Crippen molar-refractivity contribution in [2.75, 3.05) is 0 Å². The number of hydrogen-bond donors (Lipinski definition) is 1. The van der Waals surface area contributed by atoms with Crippen molar-refractivity contribution in [1.82, 2.24) is 0 Å². The van der Waals surface area contributed by atoms with Crippen molar-refractivity contribution in [2.45, 2.75) is 32.3 Å². The van der Waals surface area contributed by atoms with Crippen LogP contribution < -0.4 is 0 Å². The van der Waals surface area contributed by atoms with Gasteiger partial charge in [0.15, 0.2) is 0 Å². The summed E-state index contributed by atoms with van der Waals surface area (Å²) >= 11 is 7.53. The van der Waals surface area contributed by atoms with Gasteiger partial charge in [0.2, 0.25) is 0 Å². The van der Waals surface area contributed by atoms with Crippen LogP contribution in [0, 0.1) is 5.41 Å². The number of halogens is 1. The summed E-state index contributed by atoms with van der Waals surface area (Å²) in [5.41, 5.74) is 0.183. The average molecular weight is 243 g/mol. The Morgan fingerprint density at radius 3 is 2.53 bits per heavy atom. The highest BCUT2D eigenvalue weighted by Crippen LogP contribution is 2.43. The lowest BCUT2D eigenvalue weighted by Crippen LogP contribution is -2.29. The van der Waals surface area contributed by atoms with E-state index in [0.717, 1.165) is 18.4 Å². The fourth-order valence-electron chi connectivity index (χ4n) is 1.87. The van der Waals surface area contributed by atoms with Crippen LogP contribution in [0.15, 0.2) is 23.6 Å². The van der Waals surface area contributed by atoms with Crippen LogP contribution >= 0.6 is 22.9 Å². The van der Waals surface area contributed by atoms with E-state index in [1.54, 1.807) is 0 Å². The molecule has 0 saturated carbocycles. The number of hydrogen-bond acceptors (Lipinski definition) is 2. The van der Waals surface area contributed by atoms with Crippen LogP contribution in [0.3, 0.4) is 0 Å². The number of thiophene rings is 1. The summed E-state index contributed by atoms with van der Waals surface area (Å²) in [6.45, 7) is 4.36. The Morgan fingerprint density at radius 1 is 1.33 bits per heavy atom. The van der Waals surface area contributed by atoms with Gasteiger partial charge >= 0.3 is 0 Å². The van der Waals surface area contributed by atoms with Crippen LogP contribution in [-0.4, -0.2) is 5.11 Å². The van der Waals surface area contributed by atoms with Crippen molar-refractivity contribution < 1.29 is 5.11 Å². The Bertz CT molecular complexity index is 394. The van der Waals surface area contributed by atoms with Gasteiger partial charge in [0.25, 0.3) is 0 Å². The molecule has 0 fully saturated rings. The lowest BCUT2D eigenvalue weighted by Gasteiger charge is -2.34. The standard InChI is InChI=1S/C12H15ClOS/c1-11(2)4-6-12(14,7-5-11)9-3-8-15-10(9)13/h3-4,6,8,14H,5,7H2,1-2H3. The van der Waals surface area contributed by atoms with Gasteiger partial charge in [0.1, 0.15) is 5.60 Å². The Balaban J connectivity index is 2.35. The zero-order valence-electron chi connectivity index (χ0n) is 8.96. The Morgan fingerprint density at radius 2 is 2.07 bits per heavy atom. The number of aliphatic hydroxyl groups is 1. The minimum absolute atomic E-state index is 0.189. The molecule has 82 valence electrons.